The van der Waals surface area contributed by atoms with E-state index in [1.165, 1.54) is 147 Å². The quantitative estimate of drug-likeness (QED) is 0.0756. The van der Waals surface area contributed by atoms with Crippen molar-refractivity contribution in [1.82, 2.24) is 44.9 Å². The lowest BCUT2D eigenvalue weighted by molar-refractivity contribution is 0.720. The number of hydrogen-bond donors (Lipinski definition) is 0. The zero-order chi connectivity index (χ0) is 97.2. The molecule has 25 rings (SSSR count). The minimum Gasteiger partial charge on any atom is -0.308 e. The molecule has 0 bridgehead atoms. The summed E-state index contributed by atoms with van der Waals surface area (Å²) in [5.41, 5.74) is 27.1. The average molecular weight is 1950 g/mol. The van der Waals surface area contributed by atoms with Crippen LogP contribution in [0.5, 0.6) is 0 Å². The second-order valence-corrected chi connectivity index (χ2v) is 52.9. The molecule has 0 amide bonds. The van der Waals surface area contributed by atoms with Crippen molar-refractivity contribution in [2.24, 2.45) is 0 Å². The highest BCUT2D eigenvalue weighted by molar-refractivity contribution is 8.00. The van der Waals surface area contributed by atoms with Crippen molar-refractivity contribution in [3.8, 4) is 125 Å². The van der Waals surface area contributed by atoms with Crippen LogP contribution in [-0.2, 0) is 0 Å². The molecule has 20 aromatic rings. The predicted molar refractivity (Wildman–Crippen MR) is 604 cm³/mol. The van der Waals surface area contributed by atoms with Crippen molar-refractivity contribution in [3.05, 3.63) is 436 Å². The highest BCUT2D eigenvalue weighted by atomic mass is 32.2. The first kappa shape index (κ1) is 92.4. The van der Waals surface area contributed by atoms with Crippen LogP contribution in [0.4, 0.5) is 51.2 Å². The normalized spacial score (nSPS) is 13.6. The molecule has 0 saturated heterocycles. The summed E-state index contributed by atoms with van der Waals surface area (Å²) in [4.78, 5) is 59.4. The predicted octanol–water partition coefficient (Wildman–Crippen LogP) is 34.2. The second kappa shape index (κ2) is 40.6. The molecule has 2 aliphatic carbocycles. The molecule has 3 aliphatic heterocycles. The minimum atomic E-state index is -1.47. The second-order valence-electron chi connectivity index (χ2n) is 39.4. The van der Waals surface area contributed by atoms with Gasteiger partial charge >= 0.3 is 0 Å². The molecule has 3 aromatic heterocycles. The van der Waals surface area contributed by atoms with E-state index in [4.69, 9.17) is 44.9 Å². The molecular weight excluding hydrogens is 1850 g/mol. The molecule has 0 N–H and O–H groups in total. The van der Waals surface area contributed by atoms with Gasteiger partial charge in [0.15, 0.2) is 52.4 Å². The zero-order valence-corrected chi connectivity index (χ0v) is 85.8. The molecule has 17 aromatic carbocycles. The first-order chi connectivity index (χ1) is 70.6. The molecule has 2 saturated carbocycles. The van der Waals surface area contributed by atoms with Crippen molar-refractivity contribution in [2.75, 3.05) is 14.7 Å². The number of fused-ring (bicyclic) bond motifs is 6. The van der Waals surface area contributed by atoms with Crippen LogP contribution < -0.4 is 25.1 Å². The van der Waals surface area contributed by atoms with Gasteiger partial charge in [-0.2, -0.15) is 0 Å². The van der Waals surface area contributed by atoms with Crippen molar-refractivity contribution in [3.63, 3.8) is 0 Å². The Morgan fingerprint density at radius 2 is 0.375 bits per heavy atom. The van der Waals surface area contributed by atoms with E-state index in [2.05, 4.69) is 321 Å². The summed E-state index contributed by atoms with van der Waals surface area (Å²) in [6, 6.07) is 150. The minimum absolute atomic E-state index is 0.638. The van der Waals surface area contributed by atoms with E-state index in [0.29, 0.717) is 64.3 Å². The number of benzene rings is 17. The molecular formula is C127H106N12S3Si2. The summed E-state index contributed by atoms with van der Waals surface area (Å²) < 4.78 is 0. The summed E-state index contributed by atoms with van der Waals surface area (Å²) in [7, 11) is -2.95. The maximum Gasteiger partial charge on any atom is 0.164 e. The van der Waals surface area contributed by atoms with Gasteiger partial charge in [0.1, 0.15) is 0 Å². The maximum atomic E-state index is 4.97. The Kier molecular flexibility index (Phi) is 26.0. The number of rotatable bonds is 18. The maximum absolute atomic E-state index is 4.97. The third kappa shape index (κ3) is 19.7. The summed E-state index contributed by atoms with van der Waals surface area (Å²) in [5, 5.41) is 2.97. The van der Waals surface area contributed by atoms with E-state index in [1.54, 1.807) is 0 Å². The molecule has 144 heavy (non-hydrogen) atoms. The largest absolute Gasteiger partial charge is 0.308 e. The molecule has 17 heteroatoms. The first-order valence-electron chi connectivity index (χ1n) is 49.9. The molecule has 0 unspecified atom stereocenters. The standard InChI is InChI=1S/C45H30N4S.C43H38N4S.C39H38N4SSi2/c1-5-13-31(14-6-1)36-23-27-39-41(29-36)50-42-30-37(32-15-7-2-8-16-32)24-28-40(42)49(39)38-25-21-35(22-26-38)45-47-43(33-17-9-3-10-18-33)46-44(48-45)34-19-11-4-12-20-34;1-3-15-31(16-4-1)41-44-42(32-17-5-2-6-18-32)46-43(45-41)33-19-23-36(24-20-33)47-37-25-21-34(29-11-7-8-12-29)27-39(37)48-40-28-35(22-26-38(40)47)30-13-9-10-14-30;1-45(2,3)31-21-23-33-35(25-31)44-36-26-32(46(4,5)6)22-24-34(36)43(33)30-19-17-29(18-20-30)39-41-37(27-13-9-7-10-14-27)40-38(42-39)28-15-11-8-12-16-28/h1-30H;1-6,15-30H,7-14H2;7-26H,1-6H3. The van der Waals surface area contributed by atoms with Crippen LogP contribution in [-0.4, -0.2) is 61.0 Å². The molecule has 0 atom stereocenters. The van der Waals surface area contributed by atoms with E-state index in [1.807, 2.05) is 193 Å². The van der Waals surface area contributed by atoms with E-state index in [-0.39, 0.29) is 0 Å². The van der Waals surface area contributed by atoms with Crippen LogP contribution in [0.3, 0.4) is 0 Å². The number of nitrogens with zero attached hydrogens (tertiary/aromatic N) is 12. The van der Waals surface area contributed by atoms with Crippen LogP contribution in [0.25, 0.3) is 125 Å². The van der Waals surface area contributed by atoms with Crippen LogP contribution >= 0.6 is 35.3 Å². The molecule has 6 heterocycles. The average Bonchev–Trinajstić information content (AvgIpc) is 0.921. The molecule has 5 aliphatic rings. The number of anilines is 9. The van der Waals surface area contributed by atoms with Gasteiger partial charge in [-0.25, -0.2) is 44.9 Å². The van der Waals surface area contributed by atoms with Gasteiger partial charge < -0.3 is 14.7 Å². The van der Waals surface area contributed by atoms with Gasteiger partial charge in [0.05, 0.1) is 50.3 Å². The van der Waals surface area contributed by atoms with Crippen LogP contribution in [0.2, 0.25) is 39.3 Å². The van der Waals surface area contributed by atoms with E-state index >= 15 is 0 Å². The Morgan fingerprint density at radius 1 is 0.188 bits per heavy atom. The molecule has 0 spiro atoms. The van der Waals surface area contributed by atoms with Crippen LogP contribution in [0.15, 0.2) is 454 Å². The Labute approximate surface area is 858 Å². The number of aromatic nitrogens is 9. The van der Waals surface area contributed by atoms with Crippen molar-refractivity contribution in [2.45, 2.75) is 132 Å². The smallest absolute Gasteiger partial charge is 0.164 e. The first-order valence-corrected chi connectivity index (χ1v) is 59.3. The fourth-order valence-electron chi connectivity index (χ4n) is 20.0. The fraction of sp³-hybridized carbons (Fsp3) is 0.126. The highest BCUT2D eigenvalue weighted by Crippen LogP contribution is 2.57. The lowest BCUT2D eigenvalue weighted by atomic mass is 9.96. The Bertz CT molecular complexity index is 7650. The van der Waals surface area contributed by atoms with E-state index in [9.17, 15) is 0 Å². The number of hydrogen-bond acceptors (Lipinski definition) is 15. The monoisotopic (exact) mass is 1950 g/mol. The van der Waals surface area contributed by atoms with E-state index < -0.39 is 16.1 Å². The molecule has 2 fully saturated rings. The lowest BCUT2D eigenvalue weighted by Gasteiger charge is -2.35. The highest BCUT2D eigenvalue weighted by Gasteiger charge is 2.34. The Morgan fingerprint density at radius 3 is 0.604 bits per heavy atom. The summed E-state index contributed by atoms with van der Waals surface area (Å²) in [6.45, 7) is 14.5. The third-order valence-electron chi connectivity index (χ3n) is 27.8. The van der Waals surface area contributed by atoms with Crippen molar-refractivity contribution >= 4 is 113 Å². The van der Waals surface area contributed by atoms with Gasteiger partial charge in [-0.1, -0.05) is 390 Å². The van der Waals surface area contributed by atoms with Gasteiger partial charge in [-0.3, -0.25) is 0 Å². The van der Waals surface area contributed by atoms with Crippen molar-refractivity contribution in [1.29, 1.82) is 0 Å². The van der Waals surface area contributed by atoms with Gasteiger partial charge in [-0.05, 0) is 216 Å². The van der Waals surface area contributed by atoms with Gasteiger partial charge in [0, 0.05) is 96.5 Å². The summed E-state index contributed by atoms with van der Waals surface area (Å²) in [6.07, 6.45) is 10.6. The Hall–Kier alpha value is -15.3. The molecule has 0 radical (unpaired) electrons. The van der Waals surface area contributed by atoms with Crippen LogP contribution in [0.1, 0.15) is 74.3 Å². The van der Waals surface area contributed by atoms with Gasteiger partial charge in [0.25, 0.3) is 0 Å². The summed E-state index contributed by atoms with van der Waals surface area (Å²) in [5.74, 6) is 7.34. The zero-order valence-electron chi connectivity index (χ0n) is 81.3. The molecule has 700 valence electrons. The fourth-order valence-corrected chi connectivity index (χ4v) is 25.9. The lowest BCUT2D eigenvalue weighted by Crippen LogP contribution is -2.38. The van der Waals surface area contributed by atoms with Crippen LogP contribution in [0, 0.1) is 0 Å². The van der Waals surface area contributed by atoms with E-state index in [0.717, 1.165) is 78.5 Å². The Balaban J connectivity index is 0.000000120. The third-order valence-corrected chi connectivity index (χ3v) is 35.1. The topological polar surface area (TPSA) is 126 Å². The van der Waals surface area contributed by atoms with Crippen molar-refractivity contribution < 1.29 is 0 Å². The summed E-state index contributed by atoms with van der Waals surface area (Å²) >= 11 is 5.70. The SMILES string of the molecule is C[Si](C)(C)c1ccc2c(c1)Sc1cc([Si](C)(C)C)ccc1N2c1ccc(-c2nc(-c3ccccc3)nc(-c3ccccc3)n2)cc1.c1ccc(-c2ccc3c(c2)Sc2cc(-c4ccccc4)ccc2N3c2ccc(-c3nc(-c4ccccc4)nc(-c4ccccc4)n3)cc2)cc1.c1ccc(-c2nc(-c3ccccc3)nc(-c3ccc(N4c5ccc(C6CCCC6)cc5Sc5cc(C6CCCC6)ccc54)cc3)n2)cc1. The molecule has 12 nitrogen and oxygen atoms in total. The van der Waals surface area contributed by atoms with Gasteiger partial charge in [0.2, 0.25) is 0 Å². The van der Waals surface area contributed by atoms with Gasteiger partial charge in [-0.15, -0.1) is 0 Å².